The fraction of sp³-hybridized carbons (Fsp3) is 1.00. The van der Waals surface area contributed by atoms with Gasteiger partial charge >= 0.3 is 0 Å². The van der Waals surface area contributed by atoms with Crippen LogP contribution in [0.5, 0.6) is 0 Å². The molecule has 1 aliphatic heterocycles. The van der Waals surface area contributed by atoms with Gasteiger partial charge in [0.1, 0.15) is 0 Å². The van der Waals surface area contributed by atoms with Crippen molar-refractivity contribution in [1.29, 1.82) is 0 Å². The molecule has 0 aliphatic carbocycles. The Kier molecular flexibility index (Phi) is 1.86. The molecule has 1 saturated heterocycles. The van der Waals surface area contributed by atoms with Gasteiger partial charge in [0.15, 0.2) is 0 Å². The Morgan fingerprint density at radius 2 is 1.75 bits per heavy atom. The zero-order valence-corrected chi connectivity index (χ0v) is 5.48. The summed E-state index contributed by atoms with van der Waals surface area (Å²) in [5.41, 5.74) is 0. The highest BCUT2D eigenvalue weighted by atomic mass is 16.5. The molecule has 0 amide bonds. The molecule has 0 aromatic carbocycles. The third kappa shape index (κ3) is 1.46. The van der Waals surface area contributed by atoms with Crippen LogP contribution < -0.4 is 5.32 Å². The summed E-state index contributed by atoms with van der Waals surface area (Å²) in [6, 6.07) is 1.08. The molecule has 0 saturated carbocycles. The van der Waals surface area contributed by atoms with E-state index in [2.05, 4.69) is 19.2 Å². The molecule has 0 radical (unpaired) electrons. The molecular formula is C6H13NO. The van der Waals surface area contributed by atoms with E-state index in [1.165, 1.54) is 0 Å². The quantitative estimate of drug-likeness (QED) is 0.493. The Balaban J connectivity index is 2.23. The van der Waals surface area contributed by atoms with Gasteiger partial charge in [0.25, 0.3) is 0 Å². The third-order valence-corrected chi connectivity index (χ3v) is 1.30. The lowest BCUT2D eigenvalue weighted by Crippen LogP contribution is -2.45. The summed E-state index contributed by atoms with van der Waals surface area (Å²) in [6.45, 7) is 6.00. The molecule has 8 heavy (non-hydrogen) atoms. The van der Waals surface area contributed by atoms with Crippen molar-refractivity contribution >= 4 is 0 Å². The smallest absolute Gasteiger partial charge is 0.0617 e. The lowest BCUT2D eigenvalue weighted by Gasteiger charge is -2.25. The molecule has 0 spiro atoms. The summed E-state index contributed by atoms with van der Waals surface area (Å²) in [4.78, 5) is 0. The van der Waals surface area contributed by atoms with E-state index in [0.29, 0.717) is 12.1 Å². The molecule has 48 valence electrons. The number of hydrogen-bond donors (Lipinski definition) is 1. The summed E-state index contributed by atoms with van der Waals surface area (Å²) in [5.74, 6) is 0. The highest BCUT2D eigenvalue weighted by Crippen LogP contribution is 1.96. The minimum absolute atomic E-state index is 0.541. The monoisotopic (exact) mass is 115 g/mol. The van der Waals surface area contributed by atoms with E-state index in [1.54, 1.807) is 0 Å². The van der Waals surface area contributed by atoms with E-state index in [9.17, 15) is 0 Å². The minimum atomic E-state index is 0.541. The Bertz CT molecular complexity index is 66.9. The largest absolute Gasteiger partial charge is 0.378 e. The lowest BCUT2D eigenvalue weighted by atomic mass is 10.2. The zero-order chi connectivity index (χ0) is 5.98. The van der Waals surface area contributed by atoms with Gasteiger partial charge in [0, 0.05) is 12.1 Å². The molecule has 1 N–H and O–H groups in total. The molecule has 2 atom stereocenters. The van der Waals surface area contributed by atoms with Crippen LogP contribution in [0.25, 0.3) is 0 Å². The van der Waals surface area contributed by atoms with Crippen molar-refractivity contribution in [3.8, 4) is 0 Å². The molecule has 0 unspecified atom stereocenters. The molecular weight excluding hydrogens is 102 g/mol. The van der Waals surface area contributed by atoms with E-state index >= 15 is 0 Å². The van der Waals surface area contributed by atoms with Gasteiger partial charge in [-0.15, -0.1) is 0 Å². The zero-order valence-electron chi connectivity index (χ0n) is 5.48. The van der Waals surface area contributed by atoms with E-state index in [0.717, 1.165) is 13.2 Å². The van der Waals surface area contributed by atoms with Crippen molar-refractivity contribution in [2.75, 3.05) is 13.2 Å². The number of nitrogens with one attached hydrogen (secondary N) is 1. The van der Waals surface area contributed by atoms with Gasteiger partial charge in [-0.1, -0.05) is 0 Å². The first-order chi connectivity index (χ1) is 3.79. The summed E-state index contributed by atoms with van der Waals surface area (Å²) in [5, 5.41) is 3.35. The summed E-state index contributed by atoms with van der Waals surface area (Å²) >= 11 is 0. The van der Waals surface area contributed by atoms with Crippen molar-refractivity contribution in [3.63, 3.8) is 0 Å². The van der Waals surface area contributed by atoms with E-state index in [-0.39, 0.29) is 0 Å². The van der Waals surface area contributed by atoms with Gasteiger partial charge in [-0.2, -0.15) is 0 Å². The number of rotatable bonds is 0. The predicted octanol–water partition coefficient (Wildman–Crippen LogP) is 0.383. The van der Waals surface area contributed by atoms with E-state index < -0.39 is 0 Å². The first-order valence-corrected chi connectivity index (χ1v) is 3.13. The van der Waals surface area contributed by atoms with Crippen LogP contribution in [0.1, 0.15) is 13.8 Å². The fourth-order valence-corrected chi connectivity index (χ4v) is 1.00. The molecule has 1 fully saturated rings. The molecule has 1 aliphatic rings. The van der Waals surface area contributed by atoms with Gasteiger partial charge < -0.3 is 10.1 Å². The maximum atomic E-state index is 5.23. The number of morpholine rings is 1. The minimum Gasteiger partial charge on any atom is -0.378 e. The van der Waals surface area contributed by atoms with Crippen molar-refractivity contribution < 1.29 is 4.74 Å². The van der Waals surface area contributed by atoms with Crippen LogP contribution in [-0.4, -0.2) is 25.3 Å². The Morgan fingerprint density at radius 1 is 1.25 bits per heavy atom. The van der Waals surface area contributed by atoms with Gasteiger partial charge in [0.05, 0.1) is 13.2 Å². The molecule has 2 heteroatoms. The van der Waals surface area contributed by atoms with Crippen LogP contribution >= 0.6 is 0 Å². The van der Waals surface area contributed by atoms with Gasteiger partial charge in [-0.05, 0) is 13.8 Å². The first kappa shape index (κ1) is 6.05. The lowest BCUT2D eigenvalue weighted by molar-refractivity contribution is 0.0560. The molecule has 1 rings (SSSR count). The maximum absolute atomic E-state index is 5.23. The van der Waals surface area contributed by atoms with Crippen LogP contribution in [0.4, 0.5) is 0 Å². The highest BCUT2D eigenvalue weighted by Gasteiger charge is 2.12. The third-order valence-electron chi connectivity index (χ3n) is 1.30. The molecule has 0 bridgehead atoms. The molecule has 1 heterocycles. The predicted molar refractivity (Wildman–Crippen MR) is 32.9 cm³/mol. The van der Waals surface area contributed by atoms with Crippen LogP contribution in [0, 0.1) is 0 Å². The van der Waals surface area contributed by atoms with Gasteiger partial charge in [-0.3, -0.25) is 0 Å². The van der Waals surface area contributed by atoms with Crippen LogP contribution in [0.3, 0.4) is 0 Å². The average molecular weight is 115 g/mol. The second kappa shape index (κ2) is 2.46. The topological polar surface area (TPSA) is 21.3 Å². The SMILES string of the molecule is C[C@@H]1COC[C@H](C)N1. The van der Waals surface area contributed by atoms with Crippen LogP contribution in [-0.2, 0) is 4.74 Å². The van der Waals surface area contributed by atoms with Crippen molar-refractivity contribution in [2.45, 2.75) is 25.9 Å². The normalized spacial score (nSPS) is 39.8. The average Bonchev–Trinajstić information content (AvgIpc) is 1.64. The molecule has 2 nitrogen and oxygen atoms in total. The van der Waals surface area contributed by atoms with Crippen molar-refractivity contribution in [2.24, 2.45) is 0 Å². The van der Waals surface area contributed by atoms with Crippen molar-refractivity contribution in [3.05, 3.63) is 0 Å². The Morgan fingerprint density at radius 3 is 2.00 bits per heavy atom. The summed E-state index contributed by atoms with van der Waals surface area (Å²) in [7, 11) is 0. The second-order valence-electron chi connectivity index (χ2n) is 2.51. The number of ether oxygens (including phenoxy) is 1. The Labute approximate surface area is 50.2 Å². The fourth-order valence-electron chi connectivity index (χ4n) is 1.00. The summed E-state index contributed by atoms with van der Waals surface area (Å²) in [6.07, 6.45) is 0. The standard InChI is InChI=1S/C6H13NO/c1-5-3-8-4-6(2)7-5/h5-7H,3-4H2,1-2H3/t5-,6+. The van der Waals surface area contributed by atoms with Crippen molar-refractivity contribution in [1.82, 2.24) is 5.32 Å². The first-order valence-electron chi connectivity index (χ1n) is 3.13. The molecule has 0 aromatic heterocycles. The van der Waals surface area contributed by atoms with Crippen LogP contribution in [0.2, 0.25) is 0 Å². The highest BCUT2D eigenvalue weighted by molar-refractivity contribution is 4.70. The van der Waals surface area contributed by atoms with E-state index in [1.807, 2.05) is 0 Å². The van der Waals surface area contributed by atoms with Crippen LogP contribution in [0.15, 0.2) is 0 Å². The van der Waals surface area contributed by atoms with Gasteiger partial charge in [0.2, 0.25) is 0 Å². The second-order valence-corrected chi connectivity index (χ2v) is 2.51. The number of hydrogen-bond acceptors (Lipinski definition) is 2. The summed E-state index contributed by atoms with van der Waals surface area (Å²) < 4.78 is 5.23. The Hall–Kier alpha value is -0.0800. The molecule has 0 aromatic rings. The van der Waals surface area contributed by atoms with Gasteiger partial charge in [-0.25, -0.2) is 0 Å². The van der Waals surface area contributed by atoms with E-state index in [4.69, 9.17) is 4.74 Å². The maximum Gasteiger partial charge on any atom is 0.0617 e.